The second-order valence-corrected chi connectivity index (χ2v) is 3.34. The number of pyridine rings is 1. The number of hydrogen-bond acceptors (Lipinski definition) is 5. The van der Waals surface area contributed by atoms with E-state index in [4.69, 9.17) is 4.74 Å². The van der Waals surface area contributed by atoms with E-state index in [1.807, 2.05) is 13.0 Å². The topological polar surface area (TPSA) is 70.2 Å². The SMILES string of the molecule is CCOCCn1c(-c2ccccn2)noc1=O. The molecule has 2 aromatic heterocycles. The fourth-order valence-corrected chi connectivity index (χ4v) is 1.44. The summed E-state index contributed by atoms with van der Waals surface area (Å²) in [5.74, 6) is -0.0688. The number of nitrogens with zero attached hydrogens (tertiary/aromatic N) is 3. The van der Waals surface area contributed by atoms with Crippen LogP contribution < -0.4 is 5.76 Å². The molecule has 0 amide bonds. The molecule has 0 saturated heterocycles. The minimum Gasteiger partial charge on any atom is -0.380 e. The average Bonchev–Trinajstić information content (AvgIpc) is 2.73. The molecule has 90 valence electrons. The molecule has 2 aromatic rings. The summed E-state index contributed by atoms with van der Waals surface area (Å²) in [5.41, 5.74) is 0.606. The van der Waals surface area contributed by atoms with E-state index < -0.39 is 5.76 Å². The standard InChI is InChI=1S/C11H13N3O3/c1-2-16-8-7-14-10(13-17-11(14)15)9-5-3-4-6-12-9/h3-6H,2,7-8H2,1H3. The highest BCUT2D eigenvalue weighted by molar-refractivity contribution is 5.47. The molecule has 0 aromatic carbocycles. The molecular weight excluding hydrogens is 222 g/mol. The first-order valence-electron chi connectivity index (χ1n) is 5.38. The van der Waals surface area contributed by atoms with Crippen molar-refractivity contribution in [1.29, 1.82) is 0 Å². The van der Waals surface area contributed by atoms with Gasteiger partial charge in [-0.3, -0.25) is 14.1 Å². The Labute approximate surface area is 97.8 Å². The van der Waals surface area contributed by atoms with Crippen molar-refractivity contribution in [2.24, 2.45) is 0 Å². The van der Waals surface area contributed by atoms with E-state index in [2.05, 4.69) is 14.7 Å². The van der Waals surface area contributed by atoms with Crippen LogP contribution in [0.4, 0.5) is 0 Å². The molecule has 0 spiro atoms. The maximum atomic E-state index is 11.5. The third-order valence-corrected chi connectivity index (χ3v) is 2.24. The van der Waals surface area contributed by atoms with Gasteiger partial charge < -0.3 is 4.74 Å². The van der Waals surface area contributed by atoms with Crippen molar-refractivity contribution < 1.29 is 9.26 Å². The zero-order valence-corrected chi connectivity index (χ0v) is 9.50. The molecule has 0 saturated carbocycles. The Kier molecular flexibility index (Phi) is 3.66. The summed E-state index contributed by atoms with van der Waals surface area (Å²) in [7, 11) is 0. The van der Waals surface area contributed by atoms with Gasteiger partial charge in [-0.1, -0.05) is 11.2 Å². The first-order chi connectivity index (χ1) is 8.33. The van der Waals surface area contributed by atoms with Gasteiger partial charge in [-0.2, -0.15) is 0 Å². The van der Waals surface area contributed by atoms with Crippen molar-refractivity contribution >= 4 is 0 Å². The molecular formula is C11H13N3O3. The summed E-state index contributed by atoms with van der Waals surface area (Å²) in [5, 5.41) is 3.72. The van der Waals surface area contributed by atoms with Crippen LogP contribution in [0.15, 0.2) is 33.7 Å². The number of ether oxygens (including phenoxy) is 1. The largest absolute Gasteiger partial charge is 0.441 e. The Morgan fingerprint density at radius 2 is 2.35 bits per heavy atom. The first kappa shape index (κ1) is 11.5. The Bertz CT molecular complexity index is 518. The molecule has 17 heavy (non-hydrogen) atoms. The molecule has 0 bridgehead atoms. The smallest absolute Gasteiger partial charge is 0.380 e. The maximum absolute atomic E-state index is 11.5. The van der Waals surface area contributed by atoms with E-state index in [9.17, 15) is 4.79 Å². The highest BCUT2D eigenvalue weighted by Crippen LogP contribution is 2.11. The second kappa shape index (κ2) is 5.40. The summed E-state index contributed by atoms with van der Waals surface area (Å²) >= 11 is 0. The molecule has 0 N–H and O–H groups in total. The Morgan fingerprint density at radius 3 is 3.06 bits per heavy atom. The molecule has 0 unspecified atom stereocenters. The molecule has 2 heterocycles. The van der Waals surface area contributed by atoms with Gasteiger partial charge >= 0.3 is 5.76 Å². The maximum Gasteiger partial charge on any atom is 0.441 e. The van der Waals surface area contributed by atoms with Crippen LogP contribution >= 0.6 is 0 Å². The first-order valence-corrected chi connectivity index (χ1v) is 5.38. The summed E-state index contributed by atoms with van der Waals surface area (Å²) in [6.45, 7) is 3.36. The van der Waals surface area contributed by atoms with Crippen LogP contribution in [0.25, 0.3) is 11.5 Å². The molecule has 0 aliphatic carbocycles. The summed E-state index contributed by atoms with van der Waals surface area (Å²) < 4.78 is 11.3. The Hall–Kier alpha value is -1.95. The van der Waals surface area contributed by atoms with E-state index in [0.29, 0.717) is 31.3 Å². The summed E-state index contributed by atoms with van der Waals surface area (Å²) in [6, 6.07) is 5.40. The minimum absolute atomic E-state index is 0.405. The van der Waals surface area contributed by atoms with Crippen molar-refractivity contribution in [3.8, 4) is 11.5 Å². The lowest BCUT2D eigenvalue weighted by Crippen LogP contribution is -2.19. The lowest BCUT2D eigenvalue weighted by Gasteiger charge is -2.03. The van der Waals surface area contributed by atoms with Gasteiger partial charge in [-0.05, 0) is 19.1 Å². The molecule has 0 aliphatic heterocycles. The highest BCUT2D eigenvalue weighted by Gasteiger charge is 2.12. The van der Waals surface area contributed by atoms with Crippen LogP contribution in [0, 0.1) is 0 Å². The van der Waals surface area contributed by atoms with Gasteiger partial charge in [0, 0.05) is 12.8 Å². The number of aromatic nitrogens is 3. The van der Waals surface area contributed by atoms with E-state index in [0.717, 1.165) is 0 Å². The second-order valence-electron chi connectivity index (χ2n) is 3.34. The number of rotatable bonds is 5. The van der Waals surface area contributed by atoms with Gasteiger partial charge in [0.15, 0.2) is 0 Å². The lowest BCUT2D eigenvalue weighted by atomic mass is 10.3. The van der Waals surface area contributed by atoms with Gasteiger partial charge in [0.1, 0.15) is 5.69 Å². The summed E-state index contributed by atoms with van der Waals surface area (Å²) in [4.78, 5) is 15.6. The third-order valence-electron chi connectivity index (χ3n) is 2.24. The Balaban J connectivity index is 2.26. The molecule has 0 aliphatic rings. The van der Waals surface area contributed by atoms with Crippen LogP contribution in [-0.2, 0) is 11.3 Å². The van der Waals surface area contributed by atoms with Crippen molar-refractivity contribution in [3.63, 3.8) is 0 Å². The fourth-order valence-electron chi connectivity index (χ4n) is 1.44. The normalized spacial score (nSPS) is 10.6. The predicted octanol–water partition coefficient (Wildman–Crippen LogP) is 0.935. The van der Waals surface area contributed by atoms with E-state index in [1.165, 1.54) is 4.57 Å². The van der Waals surface area contributed by atoms with Crippen LogP contribution in [0.1, 0.15) is 6.92 Å². The van der Waals surface area contributed by atoms with Gasteiger partial charge in [0.05, 0.1) is 13.2 Å². The van der Waals surface area contributed by atoms with Gasteiger partial charge in [0.2, 0.25) is 5.82 Å². The molecule has 6 heteroatoms. The van der Waals surface area contributed by atoms with Crippen molar-refractivity contribution in [2.45, 2.75) is 13.5 Å². The number of hydrogen-bond donors (Lipinski definition) is 0. The Morgan fingerprint density at radius 1 is 1.47 bits per heavy atom. The molecule has 0 atom stereocenters. The lowest BCUT2D eigenvalue weighted by molar-refractivity contribution is 0.137. The van der Waals surface area contributed by atoms with Gasteiger partial charge in [-0.15, -0.1) is 0 Å². The minimum atomic E-state index is -0.495. The quantitative estimate of drug-likeness (QED) is 0.721. The van der Waals surface area contributed by atoms with Crippen molar-refractivity contribution in [3.05, 3.63) is 34.9 Å². The van der Waals surface area contributed by atoms with Crippen molar-refractivity contribution in [2.75, 3.05) is 13.2 Å². The van der Waals surface area contributed by atoms with Crippen molar-refractivity contribution in [1.82, 2.24) is 14.7 Å². The average molecular weight is 235 g/mol. The van der Waals surface area contributed by atoms with E-state index >= 15 is 0 Å². The summed E-state index contributed by atoms with van der Waals surface area (Å²) in [6.07, 6.45) is 1.64. The van der Waals surface area contributed by atoms with Crippen LogP contribution in [0.2, 0.25) is 0 Å². The highest BCUT2D eigenvalue weighted by atomic mass is 16.5. The van der Waals surface area contributed by atoms with Crippen LogP contribution in [0.5, 0.6) is 0 Å². The molecule has 0 fully saturated rings. The fraction of sp³-hybridized carbons (Fsp3) is 0.364. The molecule has 6 nitrogen and oxygen atoms in total. The molecule has 2 rings (SSSR count). The van der Waals surface area contributed by atoms with E-state index in [-0.39, 0.29) is 0 Å². The third kappa shape index (κ3) is 2.59. The van der Waals surface area contributed by atoms with E-state index in [1.54, 1.807) is 18.3 Å². The van der Waals surface area contributed by atoms with Crippen LogP contribution in [-0.4, -0.2) is 27.9 Å². The molecule has 0 radical (unpaired) electrons. The predicted molar refractivity (Wildman–Crippen MR) is 60.5 cm³/mol. The van der Waals surface area contributed by atoms with Crippen LogP contribution in [0.3, 0.4) is 0 Å². The van der Waals surface area contributed by atoms with Gasteiger partial charge in [0.25, 0.3) is 0 Å². The van der Waals surface area contributed by atoms with Gasteiger partial charge in [-0.25, -0.2) is 4.79 Å². The zero-order chi connectivity index (χ0) is 12.1. The zero-order valence-electron chi connectivity index (χ0n) is 9.50. The monoisotopic (exact) mass is 235 g/mol.